The molecule has 2 rings (SSSR count). The molecule has 2 aliphatic heterocycles. The van der Waals surface area contributed by atoms with Crippen molar-refractivity contribution >= 4 is 11.9 Å². The molecule has 0 spiro atoms. The van der Waals surface area contributed by atoms with E-state index in [0.29, 0.717) is 25.7 Å². The minimum absolute atomic E-state index is 0.0580. The number of hydrogen-bond acceptors (Lipinski definition) is 4. The normalized spacial score (nSPS) is 19.0. The van der Waals surface area contributed by atoms with Gasteiger partial charge in [0.25, 0.3) is 0 Å². The SMILES string of the molecule is O=C(O)CCCC(CCN1CC1)(CCN1CC1)C(=O)O. The van der Waals surface area contributed by atoms with Gasteiger partial charge in [0, 0.05) is 32.6 Å². The third kappa shape index (κ3) is 4.76. The van der Waals surface area contributed by atoms with Gasteiger partial charge >= 0.3 is 11.9 Å². The van der Waals surface area contributed by atoms with E-state index in [4.69, 9.17) is 5.11 Å². The second kappa shape index (κ2) is 6.54. The molecule has 114 valence electrons. The van der Waals surface area contributed by atoms with E-state index in [1.165, 1.54) is 0 Å². The molecule has 0 unspecified atom stereocenters. The summed E-state index contributed by atoms with van der Waals surface area (Å²) in [6.07, 6.45) is 2.24. The number of carboxylic acid groups (broad SMARTS) is 2. The first kappa shape index (κ1) is 15.3. The van der Waals surface area contributed by atoms with Crippen LogP contribution in [0.5, 0.6) is 0 Å². The molecule has 0 aromatic rings. The number of carbonyl (C=O) groups is 2. The Bertz CT molecular complexity index is 348. The number of hydrogen-bond donors (Lipinski definition) is 2. The number of carboxylic acids is 2. The number of rotatable bonds is 11. The molecule has 0 bridgehead atoms. The summed E-state index contributed by atoms with van der Waals surface area (Å²) in [5.41, 5.74) is -0.749. The lowest BCUT2D eigenvalue weighted by molar-refractivity contribution is -0.151. The van der Waals surface area contributed by atoms with E-state index in [2.05, 4.69) is 9.80 Å². The van der Waals surface area contributed by atoms with Gasteiger partial charge in [0.05, 0.1) is 5.41 Å². The van der Waals surface area contributed by atoms with Crippen LogP contribution in [-0.2, 0) is 9.59 Å². The Hall–Kier alpha value is -1.14. The lowest BCUT2D eigenvalue weighted by atomic mass is 9.76. The Morgan fingerprint density at radius 3 is 1.75 bits per heavy atom. The Kier molecular flexibility index (Phi) is 4.99. The van der Waals surface area contributed by atoms with Crippen LogP contribution in [0.25, 0.3) is 0 Å². The fourth-order valence-corrected chi connectivity index (χ4v) is 2.61. The molecule has 0 aliphatic carbocycles. The largest absolute Gasteiger partial charge is 0.481 e. The van der Waals surface area contributed by atoms with E-state index in [9.17, 15) is 14.7 Å². The Morgan fingerprint density at radius 1 is 0.900 bits per heavy atom. The van der Waals surface area contributed by atoms with Crippen LogP contribution in [0.3, 0.4) is 0 Å². The smallest absolute Gasteiger partial charge is 0.309 e. The first-order valence-corrected chi connectivity index (χ1v) is 7.42. The maximum absolute atomic E-state index is 11.8. The van der Waals surface area contributed by atoms with E-state index < -0.39 is 17.4 Å². The van der Waals surface area contributed by atoms with Crippen molar-refractivity contribution in [2.75, 3.05) is 39.3 Å². The highest BCUT2D eigenvalue weighted by Crippen LogP contribution is 2.35. The Balaban J connectivity index is 1.91. The van der Waals surface area contributed by atoms with E-state index in [-0.39, 0.29) is 6.42 Å². The first-order valence-electron chi connectivity index (χ1n) is 7.42. The van der Waals surface area contributed by atoms with Crippen molar-refractivity contribution in [3.8, 4) is 0 Å². The van der Waals surface area contributed by atoms with Crippen LogP contribution in [-0.4, -0.2) is 71.2 Å². The van der Waals surface area contributed by atoms with Gasteiger partial charge in [-0.3, -0.25) is 9.59 Å². The minimum atomic E-state index is -0.846. The molecule has 20 heavy (non-hydrogen) atoms. The van der Waals surface area contributed by atoms with Crippen LogP contribution in [0.1, 0.15) is 32.1 Å². The molecule has 2 N–H and O–H groups in total. The van der Waals surface area contributed by atoms with Crippen molar-refractivity contribution in [2.24, 2.45) is 5.41 Å². The van der Waals surface area contributed by atoms with E-state index in [0.717, 1.165) is 39.3 Å². The number of nitrogens with zero attached hydrogens (tertiary/aromatic N) is 2. The molecule has 0 atom stereocenters. The van der Waals surface area contributed by atoms with Gasteiger partial charge < -0.3 is 20.0 Å². The van der Waals surface area contributed by atoms with Crippen molar-refractivity contribution in [1.29, 1.82) is 0 Å². The fraction of sp³-hybridized carbons (Fsp3) is 0.857. The zero-order valence-corrected chi connectivity index (χ0v) is 11.9. The third-order valence-electron chi connectivity index (χ3n) is 4.39. The van der Waals surface area contributed by atoms with Gasteiger partial charge in [-0.05, 0) is 38.8 Å². The summed E-state index contributed by atoms with van der Waals surface area (Å²) < 4.78 is 0. The first-order chi connectivity index (χ1) is 9.52. The Labute approximate surface area is 119 Å². The predicted octanol–water partition coefficient (Wildman–Crippen LogP) is 0.724. The van der Waals surface area contributed by atoms with Crippen LogP contribution in [0.4, 0.5) is 0 Å². The molecule has 6 heteroatoms. The van der Waals surface area contributed by atoms with Gasteiger partial charge in [0.15, 0.2) is 0 Å². The summed E-state index contributed by atoms with van der Waals surface area (Å²) in [7, 11) is 0. The molecule has 0 aromatic heterocycles. The summed E-state index contributed by atoms with van der Waals surface area (Å²) in [5, 5.41) is 18.4. The Morgan fingerprint density at radius 2 is 1.40 bits per heavy atom. The van der Waals surface area contributed by atoms with Crippen LogP contribution in [0.15, 0.2) is 0 Å². The van der Waals surface area contributed by atoms with Crippen LogP contribution < -0.4 is 0 Å². The van der Waals surface area contributed by atoms with Gasteiger partial charge in [-0.25, -0.2) is 0 Å². The van der Waals surface area contributed by atoms with E-state index >= 15 is 0 Å². The summed E-state index contributed by atoms with van der Waals surface area (Å²) in [5.74, 6) is -1.60. The third-order valence-corrected chi connectivity index (χ3v) is 4.39. The van der Waals surface area contributed by atoms with Gasteiger partial charge in [-0.15, -0.1) is 0 Å². The second-order valence-electron chi connectivity index (χ2n) is 6.02. The highest BCUT2D eigenvalue weighted by molar-refractivity contribution is 5.75. The average molecular weight is 284 g/mol. The summed E-state index contributed by atoms with van der Waals surface area (Å²) in [6, 6.07) is 0. The van der Waals surface area contributed by atoms with Crippen LogP contribution >= 0.6 is 0 Å². The molecular formula is C14H24N2O4. The maximum Gasteiger partial charge on any atom is 0.309 e. The molecule has 0 saturated carbocycles. The van der Waals surface area contributed by atoms with Crippen molar-refractivity contribution < 1.29 is 19.8 Å². The molecule has 6 nitrogen and oxygen atoms in total. The van der Waals surface area contributed by atoms with E-state index in [1.54, 1.807) is 0 Å². The standard InChI is InChI=1S/C14H24N2O4/c17-12(18)2-1-3-14(13(19)20,4-6-15-8-9-15)5-7-16-10-11-16/h1-11H2,(H,17,18)(H,19,20). The highest BCUT2D eigenvalue weighted by Gasteiger charge is 2.39. The summed E-state index contributed by atoms with van der Waals surface area (Å²) in [4.78, 5) is 26.9. The predicted molar refractivity (Wildman–Crippen MR) is 73.7 cm³/mol. The molecule has 0 amide bonds. The quantitative estimate of drug-likeness (QED) is 0.544. The molecule has 0 aromatic carbocycles. The molecule has 2 aliphatic rings. The monoisotopic (exact) mass is 284 g/mol. The molecule has 2 heterocycles. The molecule has 2 saturated heterocycles. The van der Waals surface area contributed by atoms with Crippen LogP contribution in [0.2, 0.25) is 0 Å². The minimum Gasteiger partial charge on any atom is -0.481 e. The van der Waals surface area contributed by atoms with Crippen molar-refractivity contribution in [1.82, 2.24) is 9.80 Å². The highest BCUT2D eigenvalue weighted by atomic mass is 16.4. The molecular weight excluding hydrogens is 260 g/mol. The van der Waals surface area contributed by atoms with Crippen molar-refractivity contribution in [3.05, 3.63) is 0 Å². The number of aliphatic carboxylic acids is 2. The zero-order valence-electron chi connectivity index (χ0n) is 11.9. The van der Waals surface area contributed by atoms with Crippen molar-refractivity contribution in [2.45, 2.75) is 32.1 Å². The maximum atomic E-state index is 11.8. The second-order valence-corrected chi connectivity index (χ2v) is 6.02. The van der Waals surface area contributed by atoms with Gasteiger partial charge in [0.1, 0.15) is 0 Å². The summed E-state index contributed by atoms with van der Waals surface area (Å²) in [6.45, 7) is 5.90. The fourth-order valence-electron chi connectivity index (χ4n) is 2.61. The van der Waals surface area contributed by atoms with E-state index in [1.807, 2.05) is 0 Å². The van der Waals surface area contributed by atoms with Gasteiger partial charge in [0.2, 0.25) is 0 Å². The molecule has 0 radical (unpaired) electrons. The average Bonchev–Trinajstić information content (AvgIpc) is 3.26. The summed E-state index contributed by atoms with van der Waals surface area (Å²) >= 11 is 0. The van der Waals surface area contributed by atoms with Crippen molar-refractivity contribution in [3.63, 3.8) is 0 Å². The molecule has 2 fully saturated rings. The zero-order chi connectivity index (χ0) is 14.6. The van der Waals surface area contributed by atoms with Gasteiger partial charge in [-0.2, -0.15) is 0 Å². The lowest BCUT2D eigenvalue weighted by Crippen LogP contribution is -2.35. The van der Waals surface area contributed by atoms with Crippen LogP contribution in [0, 0.1) is 5.41 Å². The lowest BCUT2D eigenvalue weighted by Gasteiger charge is -2.30. The topological polar surface area (TPSA) is 80.6 Å². The van der Waals surface area contributed by atoms with Gasteiger partial charge in [-0.1, -0.05) is 0 Å².